The van der Waals surface area contributed by atoms with E-state index in [0.29, 0.717) is 5.70 Å². The summed E-state index contributed by atoms with van der Waals surface area (Å²) in [7, 11) is 0. The predicted molar refractivity (Wildman–Crippen MR) is 65.8 cm³/mol. The van der Waals surface area contributed by atoms with Crippen molar-refractivity contribution in [3.8, 4) is 0 Å². The molecule has 2 N–H and O–H groups in total. The van der Waals surface area contributed by atoms with Crippen LogP contribution in [-0.4, -0.2) is 0 Å². The first-order valence-corrected chi connectivity index (χ1v) is 4.83. The van der Waals surface area contributed by atoms with Gasteiger partial charge in [0.15, 0.2) is 0 Å². The molecule has 0 radical (unpaired) electrons. The summed E-state index contributed by atoms with van der Waals surface area (Å²) in [4.78, 5) is 0. The van der Waals surface area contributed by atoms with E-state index in [0.717, 1.165) is 11.1 Å². The van der Waals surface area contributed by atoms with Gasteiger partial charge in [-0.05, 0) is 18.6 Å². The molecule has 1 aromatic rings. The standard InChI is InChI=1S/C11H13N.C2H6/c1-4-10-6-5-8(2)7-11(10)9(3)12;1-2/h4-7H,1,3,12H2,2H3;1-2H3. The number of hydrogen-bond acceptors (Lipinski definition) is 1. The monoisotopic (exact) mass is 189 g/mol. The number of benzene rings is 1. The molecule has 1 heteroatoms. The van der Waals surface area contributed by atoms with E-state index >= 15 is 0 Å². The summed E-state index contributed by atoms with van der Waals surface area (Å²) >= 11 is 0. The molecule has 76 valence electrons. The van der Waals surface area contributed by atoms with Crippen LogP contribution in [0.3, 0.4) is 0 Å². The molecular formula is C13H19N. The Kier molecular flexibility index (Phi) is 5.38. The third kappa shape index (κ3) is 3.09. The van der Waals surface area contributed by atoms with Crippen LogP contribution in [0.1, 0.15) is 30.5 Å². The van der Waals surface area contributed by atoms with Gasteiger partial charge in [0, 0.05) is 11.3 Å². The van der Waals surface area contributed by atoms with Crippen LogP contribution in [0.5, 0.6) is 0 Å². The van der Waals surface area contributed by atoms with Crippen molar-refractivity contribution in [3.05, 3.63) is 48.0 Å². The van der Waals surface area contributed by atoms with Gasteiger partial charge in [0.25, 0.3) is 0 Å². The molecule has 1 aromatic carbocycles. The average Bonchev–Trinajstić information content (AvgIpc) is 2.20. The smallest absolute Gasteiger partial charge is 0.0320 e. The Morgan fingerprint density at radius 3 is 2.36 bits per heavy atom. The summed E-state index contributed by atoms with van der Waals surface area (Å²) in [5.41, 5.74) is 9.40. The van der Waals surface area contributed by atoms with Crippen LogP contribution in [0.2, 0.25) is 0 Å². The first-order chi connectivity index (χ1) is 6.65. The quantitative estimate of drug-likeness (QED) is 0.756. The molecule has 0 spiro atoms. The maximum absolute atomic E-state index is 5.62. The highest BCUT2D eigenvalue weighted by Gasteiger charge is 1.99. The topological polar surface area (TPSA) is 26.0 Å². The third-order valence-corrected chi connectivity index (χ3v) is 1.77. The zero-order chi connectivity index (χ0) is 11.1. The molecule has 0 aliphatic heterocycles. The third-order valence-electron chi connectivity index (χ3n) is 1.77. The van der Waals surface area contributed by atoms with Crippen LogP contribution < -0.4 is 5.73 Å². The second-order valence-corrected chi connectivity index (χ2v) is 2.82. The van der Waals surface area contributed by atoms with E-state index in [-0.39, 0.29) is 0 Å². The fourth-order valence-electron chi connectivity index (χ4n) is 1.13. The number of aryl methyl sites for hydroxylation is 1. The van der Waals surface area contributed by atoms with Gasteiger partial charge in [-0.15, -0.1) is 0 Å². The van der Waals surface area contributed by atoms with Crippen LogP contribution in [-0.2, 0) is 0 Å². The van der Waals surface area contributed by atoms with Crippen LogP contribution in [0, 0.1) is 6.92 Å². The lowest BCUT2D eigenvalue weighted by Gasteiger charge is -2.05. The second-order valence-electron chi connectivity index (χ2n) is 2.82. The van der Waals surface area contributed by atoms with Gasteiger partial charge in [-0.2, -0.15) is 0 Å². The summed E-state index contributed by atoms with van der Waals surface area (Å²) in [6.07, 6.45) is 1.78. The largest absolute Gasteiger partial charge is 0.399 e. The Morgan fingerprint density at radius 1 is 1.36 bits per heavy atom. The molecule has 0 atom stereocenters. The maximum atomic E-state index is 5.62. The molecule has 0 aliphatic rings. The van der Waals surface area contributed by atoms with E-state index in [2.05, 4.69) is 13.2 Å². The van der Waals surface area contributed by atoms with Gasteiger partial charge in [-0.1, -0.05) is 50.8 Å². The van der Waals surface area contributed by atoms with E-state index in [1.54, 1.807) is 6.08 Å². The molecule has 0 bridgehead atoms. The fraction of sp³-hybridized carbons (Fsp3) is 0.231. The molecule has 0 heterocycles. The maximum Gasteiger partial charge on any atom is 0.0320 e. The number of rotatable bonds is 2. The molecular weight excluding hydrogens is 170 g/mol. The van der Waals surface area contributed by atoms with Crippen LogP contribution in [0.4, 0.5) is 0 Å². The average molecular weight is 189 g/mol. The van der Waals surface area contributed by atoms with Crippen molar-refractivity contribution in [3.63, 3.8) is 0 Å². The molecule has 0 unspecified atom stereocenters. The van der Waals surface area contributed by atoms with Crippen molar-refractivity contribution >= 4 is 11.8 Å². The summed E-state index contributed by atoms with van der Waals surface area (Å²) in [6.45, 7) is 13.4. The van der Waals surface area contributed by atoms with Gasteiger partial charge in [-0.3, -0.25) is 0 Å². The highest BCUT2D eigenvalue weighted by molar-refractivity contribution is 5.71. The first kappa shape index (κ1) is 12.5. The minimum atomic E-state index is 0.591. The SMILES string of the molecule is C=Cc1ccc(C)cc1C(=C)N.CC. The van der Waals surface area contributed by atoms with Crippen LogP contribution >= 0.6 is 0 Å². The van der Waals surface area contributed by atoms with Gasteiger partial charge >= 0.3 is 0 Å². The van der Waals surface area contributed by atoms with E-state index in [9.17, 15) is 0 Å². The molecule has 0 saturated heterocycles. The van der Waals surface area contributed by atoms with Gasteiger partial charge in [-0.25, -0.2) is 0 Å². The summed E-state index contributed by atoms with van der Waals surface area (Å²) < 4.78 is 0. The minimum Gasteiger partial charge on any atom is -0.399 e. The Balaban J connectivity index is 0.000000791. The lowest BCUT2D eigenvalue weighted by molar-refractivity contribution is 1.41. The summed E-state index contributed by atoms with van der Waals surface area (Å²) in [5, 5.41) is 0. The zero-order valence-corrected chi connectivity index (χ0v) is 9.30. The first-order valence-electron chi connectivity index (χ1n) is 4.83. The number of hydrogen-bond donors (Lipinski definition) is 1. The van der Waals surface area contributed by atoms with E-state index < -0.39 is 0 Å². The van der Waals surface area contributed by atoms with Crippen molar-refractivity contribution in [2.75, 3.05) is 0 Å². The lowest BCUT2D eigenvalue weighted by atomic mass is 10.0. The van der Waals surface area contributed by atoms with Crippen molar-refractivity contribution in [2.45, 2.75) is 20.8 Å². The molecule has 0 fully saturated rings. The Hall–Kier alpha value is -1.50. The molecule has 0 saturated carbocycles. The normalized spacial score (nSPS) is 8.50. The van der Waals surface area contributed by atoms with Crippen molar-refractivity contribution in [1.82, 2.24) is 0 Å². The zero-order valence-electron chi connectivity index (χ0n) is 9.30. The second kappa shape index (κ2) is 6.03. The Bertz CT molecular complexity index is 324. The predicted octanol–water partition coefficient (Wildman–Crippen LogP) is 3.59. The molecule has 1 rings (SSSR count). The van der Waals surface area contributed by atoms with E-state index in [1.807, 2.05) is 39.0 Å². The van der Waals surface area contributed by atoms with Gasteiger partial charge in [0.2, 0.25) is 0 Å². The van der Waals surface area contributed by atoms with E-state index in [1.165, 1.54) is 5.56 Å². The molecule has 0 aromatic heterocycles. The Labute approximate surface area is 87.0 Å². The van der Waals surface area contributed by atoms with Crippen molar-refractivity contribution < 1.29 is 0 Å². The minimum absolute atomic E-state index is 0.591. The highest BCUT2D eigenvalue weighted by Crippen LogP contribution is 2.16. The highest BCUT2D eigenvalue weighted by atomic mass is 14.6. The molecule has 14 heavy (non-hydrogen) atoms. The fourth-order valence-corrected chi connectivity index (χ4v) is 1.13. The Morgan fingerprint density at radius 2 is 1.93 bits per heavy atom. The van der Waals surface area contributed by atoms with E-state index in [4.69, 9.17) is 5.73 Å². The van der Waals surface area contributed by atoms with Gasteiger partial charge in [0.1, 0.15) is 0 Å². The molecule has 1 nitrogen and oxygen atoms in total. The van der Waals surface area contributed by atoms with Gasteiger partial charge in [0.05, 0.1) is 0 Å². The van der Waals surface area contributed by atoms with Crippen LogP contribution in [0.15, 0.2) is 31.4 Å². The van der Waals surface area contributed by atoms with Crippen molar-refractivity contribution in [1.29, 1.82) is 0 Å². The van der Waals surface area contributed by atoms with Gasteiger partial charge < -0.3 is 5.73 Å². The lowest BCUT2D eigenvalue weighted by Crippen LogP contribution is -1.96. The molecule has 0 amide bonds. The van der Waals surface area contributed by atoms with Crippen LogP contribution in [0.25, 0.3) is 11.8 Å². The molecule has 0 aliphatic carbocycles. The van der Waals surface area contributed by atoms with Crippen molar-refractivity contribution in [2.24, 2.45) is 5.73 Å². The summed E-state index contributed by atoms with van der Waals surface area (Å²) in [6, 6.07) is 6.04. The number of nitrogens with two attached hydrogens (primary N) is 1. The summed E-state index contributed by atoms with van der Waals surface area (Å²) in [5.74, 6) is 0.